The Balaban J connectivity index is 1.65. The molecule has 0 radical (unpaired) electrons. The van der Waals surface area contributed by atoms with Crippen LogP contribution in [0.1, 0.15) is 53.0 Å². The largest absolute Gasteiger partial charge is 0.416 e. The summed E-state index contributed by atoms with van der Waals surface area (Å²) in [6.45, 7) is 1.50. The van der Waals surface area contributed by atoms with Gasteiger partial charge in [-0.3, -0.25) is 19.7 Å². The van der Waals surface area contributed by atoms with Crippen LogP contribution in [-0.4, -0.2) is 20.9 Å². The number of nitrogens with one attached hydrogen (secondary N) is 1. The van der Waals surface area contributed by atoms with Crippen molar-refractivity contribution in [2.75, 3.05) is 0 Å². The van der Waals surface area contributed by atoms with Gasteiger partial charge >= 0.3 is 6.18 Å². The molecule has 0 saturated heterocycles. The Morgan fingerprint density at radius 1 is 1.00 bits per heavy atom. The summed E-state index contributed by atoms with van der Waals surface area (Å²) in [4.78, 5) is 25.1. The minimum absolute atomic E-state index is 0.203. The van der Waals surface area contributed by atoms with Crippen molar-refractivity contribution in [1.82, 2.24) is 20.3 Å². The Labute approximate surface area is 190 Å². The second-order valence-corrected chi connectivity index (χ2v) is 8.04. The Morgan fingerprint density at radius 2 is 1.68 bits per heavy atom. The van der Waals surface area contributed by atoms with Gasteiger partial charge in [0.05, 0.1) is 29.2 Å². The highest BCUT2D eigenvalue weighted by molar-refractivity contribution is 5.95. The fourth-order valence-electron chi connectivity index (χ4n) is 3.52. The highest BCUT2D eigenvalue weighted by Gasteiger charge is 2.49. The molecule has 1 saturated carbocycles. The number of aromatic nitrogens is 3. The number of hydrogen-bond acceptors (Lipinski definition) is 4. The molecule has 1 amide bonds. The van der Waals surface area contributed by atoms with Crippen molar-refractivity contribution in [2.45, 2.75) is 37.9 Å². The monoisotopic (exact) mass is 480 g/mol. The van der Waals surface area contributed by atoms with Crippen LogP contribution < -0.4 is 5.32 Å². The molecule has 34 heavy (non-hydrogen) atoms. The second kappa shape index (κ2) is 8.69. The fraction of sp³-hybridized carbons (Fsp3) is 0.304. The minimum atomic E-state index is -4.91. The zero-order chi connectivity index (χ0) is 24.7. The summed E-state index contributed by atoms with van der Waals surface area (Å²) in [5, 5.41) is 2.48. The maximum atomic E-state index is 14.6. The van der Waals surface area contributed by atoms with Crippen molar-refractivity contribution in [1.29, 1.82) is 0 Å². The molecule has 2 aromatic heterocycles. The average Bonchev–Trinajstić information content (AvgIpc) is 3.65. The second-order valence-electron chi connectivity index (χ2n) is 8.04. The predicted molar refractivity (Wildman–Crippen MR) is 109 cm³/mol. The average molecular weight is 480 g/mol. The number of rotatable bonds is 6. The van der Waals surface area contributed by atoms with Gasteiger partial charge in [0.2, 0.25) is 0 Å². The first-order chi connectivity index (χ1) is 16.0. The first kappa shape index (κ1) is 23.7. The molecule has 2 heterocycles. The van der Waals surface area contributed by atoms with E-state index in [0.29, 0.717) is 12.1 Å². The van der Waals surface area contributed by atoms with Crippen molar-refractivity contribution in [3.63, 3.8) is 0 Å². The predicted octanol–water partition coefficient (Wildman–Crippen LogP) is 5.69. The molecule has 1 atom stereocenters. The van der Waals surface area contributed by atoms with Crippen molar-refractivity contribution in [3.8, 4) is 11.4 Å². The van der Waals surface area contributed by atoms with Gasteiger partial charge in [-0.1, -0.05) is 0 Å². The Kier molecular flexibility index (Phi) is 6.05. The third-order valence-electron chi connectivity index (χ3n) is 5.45. The number of alkyl halides is 5. The normalized spacial score (nSPS) is 15.1. The van der Waals surface area contributed by atoms with Crippen molar-refractivity contribution in [3.05, 3.63) is 77.1 Å². The first-order valence-electron chi connectivity index (χ1n) is 10.3. The topological polar surface area (TPSA) is 67.8 Å². The zero-order valence-corrected chi connectivity index (χ0v) is 17.7. The maximum absolute atomic E-state index is 14.6. The van der Waals surface area contributed by atoms with Crippen molar-refractivity contribution < 1.29 is 31.1 Å². The fourth-order valence-corrected chi connectivity index (χ4v) is 3.52. The third-order valence-corrected chi connectivity index (χ3v) is 5.45. The molecule has 3 aromatic rings. The van der Waals surface area contributed by atoms with E-state index in [1.807, 2.05) is 0 Å². The molecular formula is C23H18F6N4O. The summed E-state index contributed by atoms with van der Waals surface area (Å²) in [7, 11) is 0. The van der Waals surface area contributed by atoms with Crippen LogP contribution in [-0.2, 0) is 12.1 Å². The Bertz CT molecular complexity index is 1210. The van der Waals surface area contributed by atoms with E-state index in [1.54, 1.807) is 0 Å². The van der Waals surface area contributed by atoms with Crippen LogP contribution in [0, 0.1) is 11.7 Å². The molecule has 178 valence electrons. The van der Waals surface area contributed by atoms with E-state index in [2.05, 4.69) is 20.3 Å². The summed E-state index contributed by atoms with van der Waals surface area (Å²) < 4.78 is 82.6. The van der Waals surface area contributed by atoms with E-state index < -0.39 is 52.5 Å². The molecule has 0 spiro atoms. The van der Waals surface area contributed by atoms with E-state index in [-0.39, 0.29) is 29.9 Å². The molecule has 1 N–H and O–H groups in total. The number of carbonyl (C=O) groups is 1. The minimum Gasteiger partial charge on any atom is -0.344 e. The molecular weight excluding hydrogens is 462 g/mol. The van der Waals surface area contributed by atoms with Gasteiger partial charge in [-0.25, -0.2) is 13.2 Å². The lowest BCUT2D eigenvalue weighted by Gasteiger charge is -2.20. The number of nitrogens with zero attached hydrogens (tertiary/aromatic N) is 3. The quantitative estimate of drug-likeness (QED) is 0.461. The van der Waals surface area contributed by atoms with E-state index >= 15 is 0 Å². The molecule has 4 rings (SSSR count). The van der Waals surface area contributed by atoms with Gasteiger partial charge in [0.15, 0.2) is 0 Å². The van der Waals surface area contributed by atoms with E-state index in [4.69, 9.17) is 0 Å². The molecule has 1 fully saturated rings. The van der Waals surface area contributed by atoms with Gasteiger partial charge in [-0.2, -0.15) is 13.2 Å². The van der Waals surface area contributed by atoms with Gasteiger partial charge in [-0.15, -0.1) is 0 Å². The third kappa shape index (κ3) is 4.87. The summed E-state index contributed by atoms with van der Waals surface area (Å²) in [6, 6.07) is 3.34. The Morgan fingerprint density at radius 3 is 2.29 bits per heavy atom. The van der Waals surface area contributed by atoms with E-state index in [9.17, 15) is 31.1 Å². The molecule has 11 heteroatoms. The number of halogens is 6. The summed E-state index contributed by atoms with van der Waals surface area (Å²) in [5.74, 6) is -6.08. The van der Waals surface area contributed by atoms with Crippen LogP contribution in [0.15, 0.2) is 48.9 Å². The molecule has 0 bridgehead atoms. The van der Waals surface area contributed by atoms with Gasteiger partial charge in [0.25, 0.3) is 11.8 Å². The summed E-state index contributed by atoms with van der Waals surface area (Å²) in [6.07, 6.45) is -0.839. The molecule has 5 nitrogen and oxygen atoms in total. The van der Waals surface area contributed by atoms with Crippen LogP contribution >= 0.6 is 0 Å². The van der Waals surface area contributed by atoms with Crippen LogP contribution in [0.3, 0.4) is 0 Å². The molecule has 1 aromatic carbocycles. The lowest BCUT2D eigenvalue weighted by atomic mass is 9.97. The number of benzene rings is 1. The van der Waals surface area contributed by atoms with E-state index in [0.717, 1.165) is 18.3 Å². The smallest absolute Gasteiger partial charge is 0.344 e. The number of pyridine rings is 1. The standard InChI is InChI=1S/C23H18F6N4O/c1-12(19-20(31-7-6-30-19)18-5-4-17(24)11-32-18)33-21(34)13-8-15(22(25,26)14-2-3-14)10-16(9-13)23(27,28)29/h4-12,14H,2-3H2,1H3,(H,33,34). The van der Waals surface area contributed by atoms with Crippen molar-refractivity contribution >= 4 is 5.91 Å². The summed E-state index contributed by atoms with van der Waals surface area (Å²) in [5.41, 5.74) is -2.04. The highest BCUT2D eigenvalue weighted by atomic mass is 19.4. The van der Waals surface area contributed by atoms with Crippen molar-refractivity contribution in [2.24, 2.45) is 5.92 Å². The lowest BCUT2D eigenvalue weighted by Crippen LogP contribution is -2.29. The maximum Gasteiger partial charge on any atom is 0.416 e. The number of amides is 1. The van der Waals surface area contributed by atoms with Gasteiger partial charge in [0.1, 0.15) is 11.5 Å². The zero-order valence-electron chi connectivity index (χ0n) is 17.7. The highest BCUT2D eigenvalue weighted by Crippen LogP contribution is 2.50. The lowest BCUT2D eigenvalue weighted by molar-refractivity contribution is -0.137. The van der Waals surface area contributed by atoms with Crippen LogP contribution in [0.4, 0.5) is 26.3 Å². The number of carbonyl (C=O) groups excluding carboxylic acids is 1. The van der Waals surface area contributed by atoms with Crippen LogP contribution in [0.2, 0.25) is 0 Å². The van der Waals surface area contributed by atoms with Crippen LogP contribution in [0.5, 0.6) is 0 Å². The molecule has 1 aliphatic rings. The Hall–Kier alpha value is -3.50. The van der Waals surface area contributed by atoms with Crippen LogP contribution in [0.25, 0.3) is 11.4 Å². The molecule has 1 aliphatic carbocycles. The van der Waals surface area contributed by atoms with Gasteiger partial charge < -0.3 is 5.32 Å². The number of hydrogen-bond donors (Lipinski definition) is 1. The molecule has 0 aliphatic heterocycles. The van der Waals surface area contributed by atoms with Gasteiger partial charge in [0, 0.05) is 29.4 Å². The SMILES string of the molecule is CC(NC(=O)c1cc(C(F)(F)F)cc(C(F)(F)C2CC2)c1)c1nccnc1-c1ccc(F)cn1. The van der Waals surface area contributed by atoms with E-state index in [1.165, 1.54) is 25.4 Å². The summed E-state index contributed by atoms with van der Waals surface area (Å²) >= 11 is 0. The first-order valence-corrected chi connectivity index (χ1v) is 10.3. The molecule has 1 unspecified atom stereocenters. The van der Waals surface area contributed by atoms with Gasteiger partial charge in [-0.05, 0) is 50.1 Å².